The molecule has 0 bridgehead atoms. The van der Waals surface area contributed by atoms with Crippen molar-refractivity contribution >= 4 is 76.4 Å². The van der Waals surface area contributed by atoms with Crippen LogP contribution in [0.2, 0.25) is 0 Å². The monoisotopic (exact) mass is 748 g/mol. The Morgan fingerprint density at radius 1 is 0.491 bits per heavy atom. The standard InChI is InChI=1S/C51H32N4OS/c1-3-37-39-24-23-33(30-45(39)56-44(37)4-2)50-52-49(32-17-9-6-10-18-32)53-51(54-50)35-27-34(31-15-7-5-8-16-31)28-36(29-35)55-43-21-13-11-19-38(43)41-25-26-42-40-20-12-14-22-46(40)57-48(42)47(41)55/h3-30H,1-2H2. The van der Waals surface area contributed by atoms with E-state index in [2.05, 4.69) is 127 Å². The summed E-state index contributed by atoms with van der Waals surface area (Å²) in [6.45, 7) is 7.95. The Labute approximate surface area is 332 Å². The fourth-order valence-corrected chi connectivity index (χ4v) is 9.39. The summed E-state index contributed by atoms with van der Waals surface area (Å²) in [4.78, 5) is 15.5. The first kappa shape index (κ1) is 33.0. The molecule has 4 heterocycles. The van der Waals surface area contributed by atoms with Crippen LogP contribution in [0.3, 0.4) is 0 Å². The van der Waals surface area contributed by atoms with Crippen molar-refractivity contribution in [2.75, 3.05) is 0 Å². The number of benzene rings is 7. The number of furan rings is 1. The van der Waals surface area contributed by atoms with Crippen molar-refractivity contribution in [1.82, 2.24) is 19.5 Å². The van der Waals surface area contributed by atoms with E-state index in [0.29, 0.717) is 28.8 Å². The molecule has 11 rings (SSSR count). The van der Waals surface area contributed by atoms with Gasteiger partial charge in [-0.15, -0.1) is 11.3 Å². The molecule has 268 valence electrons. The second-order valence-electron chi connectivity index (χ2n) is 14.1. The summed E-state index contributed by atoms with van der Waals surface area (Å²) in [6.07, 6.45) is 3.52. The van der Waals surface area contributed by atoms with Gasteiger partial charge in [-0.2, -0.15) is 0 Å². The smallest absolute Gasteiger partial charge is 0.164 e. The van der Waals surface area contributed by atoms with Crippen molar-refractivity contribution in [3.63, 3.8) is 0 Å². The molecular formula is C51H32N4OS. The van der Waals surface area contributed by atoms with Crippen LogP contribution >= 0.6 is 11.3 Å². The molecule has 0 N–H and O–H groups in total. The zero-order valence-corrected chi connectivity index (χ0v) is 31.5. The van der Waals surface area contributed by atoms with Crippen LogP contribution in [-0.4, -0.2) is 19.5 Å². The van der Waals surface area contributed by atoms with Crippen LogP contribution in [0.4, 0.5) is 0 Å². The summed E-state index contributed by atoms with van der Waals surface area (Å²) in [5.41, 5.74) is 9.74. The number of aromatic nitrogens is 4. The molecule has 5 nitrogen and oxygen atoms in total. The lowest BCUT2D eigenvalue weighted by molar-refractivity contribution is 0.603. The highest BCUT2D eigenvalue weighted by Crippen LogP contribution is 2.44. The predicted molar refractivity (Wildman–Crippen MR) is 239 cm³/mol. The summed E-state index contributed by atoms with van der Waals surface area (Å²) >= 11 is 1.85. The fraction of sp³-hybridized carbons (Fsp3) is 0. The molecule has 0 fully saturated rings. The Balaban J connectivity index is 1.20. The summed E-state index contributed by atoms with van der Waals surface area (Å²) in [7, 11) is 0. The molecule has 7 aromatic carbocycles. The van der Waals surface area contributed by atoms with Crippen LogP contribution in [0.5, 0.6) is 0 Å². The molecule has 57 heavy (non-hydrogen) atoms. The van der Waals surface area contributed by atoms with E-state index >= 15 is 0 Å². The second-order valence-corrected chi connectivity index (χ2v) is 15.1. The molecule has 0 saturated carbocycles. The maximum Gasteiger partial charge on any atom is 0.164 e. The topological polar surface area (TPSA) is 56.7 Å². The largest absolute Gasteiger partial charge is 0.456 e. The molecular weight excluding hydrogens is 717 g/mol. The molecule has 0 aliphatic carbocycles. The third kappa shape index (κ3) is 5.34. The average Bonchev–Trinajstić information content (AvgIpc) is 3.95. The Hall–Kier alpha value is -7.41. The highest BCUT2D eigenvalue weighted by molar-refractivity contribution is 7.26. The molecule has 6 heteroatoms. The Morgan fingerprint density at radius 2 is 1.12 bits per heavy atom. The molecule has 0 aliphatic rings. The highest BCUT2D eigenvalue weighted by Gasteiger charge is 2.21. The van der Waals surface area contributed by atoms with Crippen LogP contribution in [-0.2, 0) is 0 Å². The van der Waals surface area contributed by atoms with E-state index in [4.69, 9.17) is 19.4 Å². The second kappa shape index (κ2) is 13.1. The number of hydrogen-bond acceptors (Lipinski definition) is 5. The molecule has 0 amide bonds. The van der Waals surface area contributed by atoms with Gasteiger partial charge in [0.25, 0.3) is 0 Å². The summed E-state index contributed by atoms with van der Waals surface area (Å²) in [6, 6.07) is 55.3. The summed E-state index contributed by atoms with van der Waals surface area (Å²) in [5.74, 6) is 2.39. The van der Waals surface area contributed by atoms with Crippen molar-refractivity contribution in [3.05, 3.63) is 182 Å². The van der Waals surface area contributed by atoms with Gasteiger partial charge in [0, 0.05) is 59.6 Å². The summed E-state index contributed by atoms with van der Waals surface area (Å²) < 4.78 is 11.2. The van der Waals surface area contributed by atoms with Gasteiger partial charge in [-0.05, 0) is 59.7 Å². The van der Waals surface area contributed by atoms with Crippen molar-refractivity contribution in [2.45, 2.75) is 0 Å². The van der Waals surface area contributed by atoms with Crippen molar-refractivity contribution < 1.29 is 4.42 Å². The van der Waals surface area contributed by atoms with Crippen LogP contribution in [0.15, 0.2) is 175 Å². The van der Waals surface area contributed by atoms with Crippen LogP contribution < -0.4 is 0 Å². The molecule has 0 spiro atoms. The SMILES string of the molecule is C=Cc1oc2cc(-c3nc(-c4ccccc4)nc(-c4cc(-c5ccccc5)cc(-n5c6ccccc6c6ccc7c8ccccc8sc7c65)c4)n3)ccc2c1C=C. The van der Waals surface area contributed by atoms with Crippen LogP contribution in [0.25, 0.3) is 116 Å². The van der Waals surface area contributed by atoms with Crippen molar-refractivity contribution in [1.29, 1.82) is 0 Å². The maximum absolute atomic E-state index is 6.21. The zero-order chi connectivity index (χ0) is 38.0. The molecule has 0 saturated heterocycles. The first-order valence-electron chi connectivity index (χ1n) is 18.8. The van der Waals surface area contributed by atoms with Gasteiger partial charge in [0.05, 0.1) is 15.7 Å². The van der Waals surface area contributed by atoms with Crippen LogP contribution in [0.1, 0.15) is 11.3 Å². The van der Waals surface area contributed by atoms with Crippen molar-refractivity contribution in [3.8, 4) is 51.0 Å². The Morgan fingerprint density at radius 3 is 1.89 bits per heavy atom. The number of hydrogen-bond donors (Lipinski definition) is 0. The van der Waals surface area contributed by atoms with Gasteiger partial charge in [-0.3, -0.25) is 0 Å². The number of rotatable bonds is 7. The zero-order valence-electron chi connectivity index (χ0n) is 30.7. The molecule has 0 radical (unpaired) electrons. The molecule has 0 unspecified atom stereocenters. The normalized spacial score (nSPS) is 11.6. The minimum Gasteiger partial charge on any atom is -0.456 e. The third-order valence-electron chi connectivity index (χ3n) is 10.8. The number of para-hydroxylation sites is 1. The third-order valence-corrected chi connectivity index (χ3v) is 12.0. The first-order valence-corrected chi connectivity index (χ1v) is 19.6. The predicted octanol–water partition coefficient (Wildman–Crippen LogP) is 14.0. The van der Waals surface area contributed by atoms with Gasteiger partial charge in [0.1, 0.15) is 11.3 Å². The van der Waals surface area contributed by atoms with Crippen LogP contribution in [0, 0.1) is 0 Å². The molecule has 0 aliphatic heterocycles. The first-order chi connectivity index (χ1) is 28.1. The molecule has 11 aromatic rings. The quantitative estimate of drug-likeness (QED) is 0.163. The van der Waals surface area contributed by atoms with Gasteiger partial charge < -0.3 is 8.98 Å². The molecule has 0 atom stereocenters. The van der Waals surface area contributed by atoms with Gasteiger partial charge in [0.2, 0.25) is 0 Å². The fourth-order valence-electron chi connectivity index (χ4n) is 8.15. The average molecular weight is 749 g/mol. The lowest BCUT2D eigenvalue weighted by Crippen LogP contribution is -2.02. The maximum atomic E-state index is 6.21. The number of nitrogens with zero attached hydrogens (tertiary/aromatic N) is 4. The summed E-state index contributed by atoms with van der Waals surface area (Å²) in [5, 5.41) is 5.92. The van der Waals surface area contributed by atoms with E-state index in [9.17, 15) is 0 Å². The van der Waals surface area contributed by atoms with Gasteiger partial charge in [0.15, 0.2) is 17.5 Å². The Bertz CT molecular complexity index is 3390. The van der Waals surface area contributed by atoms with E-state index in [1.165, 1.54) is 36.5 Å². The van der Waals surface area contributed by atoms with E-state index in [0.717, 1.165) is 50.0 Å². The van der Waals surface area contributed by atoms with Crippen molar-refractivity contribution in [2.24, 2.45) is 0 Å². The van der Waals surface area contributed by atoms with Gasteiger partial charge in [-0.1, -0.05) is 134 Å². The highest BCUT2D eigenvalue weighted by atomic mass is 32.1. The van der Waals surface area contributed by atoms with E-state index in [-0.39, 0.29) is 0 Å². The lowest BCUT2D eigenvalue weighted by Gasteiger charge is -2.14. The van der Waals surface area contributed by atoms with Gasteiger partial charge in [-0.25, -0.2) is 15.0 Å². The van der Waals surface area contributed by atoms with E-state index in [1.54, 1.807) is 12.2 Å². The number of fused-ring (bicyclic) bond motifs is 8. The molecule has 4 aromatic heterocycles. The van der Waals surface area contributed by atoms with E-state index < -0.39 is 0 Å². The lowest BCUT2D eigenvalue weighted by atomic mass is 10.0. The van der Waals surface area contributed by atoms with Gasteiger partial charge >= 0.3 is 0 Å². The van der Waals surface area contributed by atoms with E-state index in [1.807, 2.05) is 59.9 Å². The minimum absolute atomic E-state index is 0.549. The minimum atomic E-state index is 0.549. The number of thiophene rings is 1. The Kier molecular flexibility index (Phi) is 7.59.